The van der Waals surface area contributed by atoms with Crippen molar-refractivity contribution in [1.82, 2.24) is 9.88 Å². The molecule has 152 valence electrons. The lowest BCUT2D eigenvalue weighted by Gasteiger charge is -2.32. The van der Waals surface area contributed by atoms with Crippen molar-refractivity contribution in [1.29, 1.82) is 0 Å². The average Bonchev–Trinajstić information content (AvgIpc) is 2.65. The van der Waals surface area contributed by atoms with Gasteiger partial charge in [0, 0.05) is 31.7 Å². The molecule has 0 bridgehead atoms. The topological polar surface area (TPSA) is 56.7 Å². The van der Waals surface area contributed by atoms with Crippen LogP contribution >= 0.6 is 0 Å². The first kappa shape index (κ1) is 21.5. The number of rotatable bonds is 4. The first-order chi connectivity index (χ1) is 12.9. The molecule has 1 unspecified atom stereocenters. The summed E-state index contributed by atoms with van der Waals surface area (Å²) in [5.74, 6) is -0.363. The molecular weight excluding hydrogens is 352 g/mol. The number of anilines is 1. The Morgan fingerprint density at radius 3 is 2.56 bits per heavy atom. The van der Waals surface area contributed by atoms with Gasteiger partial charge in [0.05, 0.1) is 12.3 Å². The van der Waals surface area contributed by atoms with Crippen LogP contribution in [0.1, 0.15) is 52.4 Å². The van der Waals surface area contributed by atoms with E-state index in [1.165, 1.54) is 6.42 Å². The molecule has 1 atom stereocenters. The normalized spacial score (nSPS) is 25.4. The van der Waals surface area contributed by atoms with Gasteiger partial charge >= 0.3 is 0 Å². The molecule has 1 saturated heterocycles. The molecule has 1 aromatic rings. The Kier molecular flexibility index (Phi) is 8.41. The van der Waals surface area contributed by atoms with Gasteiger partial charge in [-0.25, -0.2) is 13.8 Å². The Balaban J connectivity index is 0.000000199. The van der Waals surface area contributed by atoms with E-state index in [-0.39, 0.29) is 11.9 Å². The highest BCUT2D eigenvalue weighted by atomic mass is 19.1. The highest BCUT2D eigenvalue weighted by Gasteiger charge is 2.23. The van der Waals surface area contributed by atoms with Gasteiger partial charge in [-0.3, -0.25) is 4.79 Å². The van der Waals surface area contributed by atoms with Gasteiger partial charge < -0.3 is 14.9 Å². The summed E-state index contributed by atoms with van der Waals surface area (Å²) in [5, 5.41) is 9.25. The van der Waals surface area contributed by atoms with Crippen LogP contribution in [-0.4, -0.2) is 53.2 Å². The van der Waals surface area contributed by atoms with Crippen molar-refractivity contribution >= 4 is 12.2 Å². The van der Waals surface area contributed by atoms with Crippen molar-refractivity contribution in [2.75, 3.05) is 24.5 Å². The molecule has 5 nitrogen and oxygen atoms in total. The largest absolute Gasteiger partial charge is 0.393 e. The zero-order valence-corrected chi connectivity index (χ0v) is 16.3. The minimum Gasteiger partial charge on any atom is -0.393 e. The van der Waals surface area contributed by atoms with Crippen LogP contribution in [0, 0.1) is 17.6 Å². The van der Waals surface area contributed by atoms with Crippen LogP contribution in [0.4, 0.5) is 14.6 Å². The van der Waals surface area contributed by atoms with Crippen LogP contribution in [0.2, 0.25) is 0 Å². The zero-order valence-electron chi connectivity index (χ0n) is 16.3. The molecule has 1 aromatic heterocycles. The number of piperidine rings is 1. The monoisotopic (exact) mass is 383 g/mol. The number of aromatic nitrogens is 1. The molecular formula is C20H31F2N3O2. The summed E-state index contributed by atoms with van der Waals surface area (Å²) in [6, 6.07) is 1.26. The maximum absolute atomic E-state index is 13.4. The molecule has 2 heterocycles. The Bertz CT molecular complexity index is 595. The third kappa shape index (κ3) is 6.41. The summed E-state index contributed by atoms with van der Waals surface area (Å²) in [4.78, 5) is 18.1. The molecule has 2 fully saturated rings. The molecule has 1 amide bonds. The standard InChI is InChI=1S/C11H14F2N2.C9H17NO2/c1-8-3-2-4-15(7-8)11-10(13)5-9(12)6-14-11;1-2-10(7-11)8-3-5-9(12)6-4-8/h5-6,8H,2-4,7H2,1H3;7-9,12H,2-6H2,1H3. The molecule has 1 saturated carbocycles. The van der Waals surface area contributed by atoms with Gasteiger partial charge in [0.15, 0.2) is 11.6 Å². The summed E-state index contributed by atoms with van der Waals surface area (Å²) in [6.45, 7) is 6.51. The Morgan fingerprint density at radius 2 is 2.00 bits per heavy atom. The number of aliphatic hydroxyl groups excluding tert-OH is 1. The predicted octanol–water partition coefficient (Wildman–Crippen LogP) is 3.36. The highest BCUT2D eigenvalue weighted by Crippen LogP contribution is 2.24. The number of pyridine rings is 1. The van der Waals surface area contributed by atoms with Gasteiger partial charge in [-0.05, 0) is 51.4 Å². The van der Waals surface area contributed by atoms with E-state index in [1.54, 1.807) is 0 Å². The fourth-order valence-electron chi connectivity index (χ4n) is 3.83. The smallest absolute Gasteiger partial charge is 0.209 e. The number of hydrogen-bond acceptors (Lipinski definition) is 4. The third-order valence-corrected chi connectivity index (χ3v) is 5.38. The minimum atomic E-state index is -0.624. The van der Waals surface area contributed by atoms with Crippen LogP contribution in [-0.2, 0) is 4.79 Å². The van der Waals surface area contributed by atoms with E-state index >= 15 is 0 Å². The molecule has 27 heavy (non-hydrogen) atoms. The van der Waals surface area contributed by atoms with E-state index in [4.69, 9.17) is 0 Å². The molecule has 0 spiro atoms. The lowest BCUT2D eigenvalue weighted by molar-refractivity contribution is -0.121. The van der Waals surface area contributed by atoms with E-state index in [1.807, 2.05) is 16.7 Å². The number of carbonyl (C=O) groups excluding carboxylic acids is 1. The van der Waals surface area contributed by atoms with Crippen molar-refractivity contribution in [2.24, 2.45) is 5.92 Å². The van der Waals surface area contributed by atoms with E-state index < -0.39 is 11.6 Å². The number of nitrogens with zero attached hydrogens (tertiary/aromatic N) is 3. The van der Waals surface area contributed by atoms with Crippen LogP contribution in [0.15, 0.2) is 12.3 Å². The van der Waals surface area contributed by atoms with E-state index in [0.717, 1.165) is 70.4 Å². The summed E-state index contributed by atoms with van der Waals surface area (Å²) in [5.41, 5.74) is 0. The fourth-order valence-corrected chi connectivity index (χ4v) is 3.83. The number of carbonyl (C=O) groups is 1. The average molecular weight is 383 g/mol. The van der Waals surface area contributed by atoms with Gasteiger partial charge in [-0.1, -0.05) is 6.92 Å². The first-order valence-corrected chi connectivity index (χ1v) is 9.89. The maximum Gasteiger partial charge on any atom is 0.209 e. The van der Waals surface area contributed by atoms with E-state index in [0.29, 0.717) is 12.0 Å². The number of halogens is 2. The Morgan fingerprint density at radius 1 is 1.30 bits per heavy atom. The number of aliphatic hydroxyl groups is 1. The third-order valence-electron chi connectivity index (χ3n) is 5.38. The van der Waals surface area contributed by atoms with Crippen LogP contribution < -0.4 is 4.90 Å². The number of hydrogen-bond donors (Lipinski definition) is 1. The maximum atomic E-state index is 13.4. The molecule has 2 aliphatic rings. The van der Waals surface area contributed by atoms with Crippen molar-refractivity contribution in [3.8, 4) is 0 Å². The summed E-state index contributed by atoms with van der Waals surface area (Å²) < 4.78 is 26.1. The second-order valence-electron chi connectivity index (χ2n) is 7.55. The molecule has 0 radical (unpaired) electrons. The lowest BCUT2D eigenvalue weighted by Crippen LogP contribution is -2.37. The molecule has 3 rings (SSSR count). The fraction of sp³-hybridized carbons (Fsp3) is 0.700. The summed E-state index contributed by atoms with van der Waals surface area (Å²) in [6.07, 6.45) is 7.65. The van der Waals surface area contributed by atoms with Gasteiger partial charge in [-0.2, -0.15) is 0 Å². The zero-order chi connectivity index (χ0) is 19.8. The van der Waals surface area contributed by atoms with Crippen molar-refractivity contribution in [2.45, 2.75) is 64.5 Å². The second kappa shape index (κ2) is 10.5. The number of amides is 1. The molecule has 7 heteroatoms. The van der Waals surface area contributed by atoms with Gasteiger partial charge in [0.1, 0.15) is 5.82 Å². The van der Waals surface area contributed by atoms with Gasteiger partial charge in [0.25, 0.3) is 0 Å². The predicted molar refractivity (Wildman–Crippen MR) is 101 cm³/mol. The lowest BCUT2D eigenvalue weighted by atomic mass is 9.92. The highest BCUT2D eigenvalue weighted by molar-refractivity contribution is 5.47. The van der Waals surface area contributed by atoms with Crippen LogP contribution in [0.3, 0.4) is 0 Å². The first-order valence-electron chi connectivity index (χ1n) is 9.89. The summed E-state index contributed by atoms with van der Waals surface area (Å²) in [7, 11) is 0. The molecule has 1 aliphatic carbocycles. The quantitative estimate of drug-likeness (QED) is 0.810. The van der Waals surface area contributed by atoms with Gasteiger partial charge in [-0.15, -0.1) is 0 Å². The minimum absolute atomic E-state index is 0.133. The van der Waals surface area contributed by atoms with Crippen molar-refractivity contribution in [3.05, 3.63) is 23.9 Å². The Labute approximate surface area is 160 Å². The summed E-state index contributed by atoms with van der Waals surface area (Å²) >= 11 is 0. The van der Waals surface area contributed by atoms with Crippen LogP contribution in [0.5, 0.6) is 0 Å². The molecule has 1 N–H and O–H groups in total. The van der Waals surface area contributed by atoms with E-state index in [2.05, 4.69) is 11.9 Å². The van der Waals surface area contributed by atoms with Crippen molar-refractivity contribution < 1.29 is 18.7 Å². The Hall–Kier alpha value is -1.76. The van der Waals surface area contributed by atoms with Gasteiger partial charge in [0.2, 0.25) is 6.41 Å². The molecule has 1 aliphatic heterocycles. The molecule has 0 aromatic carbocycles. The van der Waals surface area contributed by atoms with E-state index in [9.17, 15) is 18.7 Å². The van der Waals surface area contributed by atoms with Crippen LogP contribution in [0.25, 0.3) is 0 Å². The van der Waals surface area contributed by atoms with Crippen molar-refractivity contribution in [3.63, 3.8) is 0 Å². The second-order valence-corrected chi connectivity index (χ2v) is 7.55. The SMILES string of the molecule is CC1CCCN(c2ncc(F)cc2F)C1.CCN(C=O)C1CCC(O)CC1.